The molecular weight excluding hydrogens is 370 g/mol. The van der Waals surface area contributed by atoms with Gasteiger partial charge in [-0.1, -0.05) is 38.1 Å². The number of para-hydroxylation sites is 3. The molecule has 3 rings (SSSR count). The van der Waals surface area contributed by atoms with E-state index in [9.17, 15) is 19.5 Å². The summed E-state index contributed by atoms with van der Waals surface area (Å²) in [5, 5.41) is 16.4. The Morgan fingerprint density at radius 1 is 1.00 bits per heavy atom. The number of carbonyl (C=O) groups is 2. The summed E-state index contributed by atoms with van der Waals surface area (Å²) in [7, 11) is 0. The smallest absolute Gasteiger partial charge is 0.267 e. The SMILES string of the molecule is CC(=O)Nc1ccccc1NC(=O)c1c(O)c2ccccc2n(CC(C)C)c1=O. The van der Waals surface area contributed by atoms with Gasteiger partial charge in [0, 0.05) is 18.9 Å². The summed E-state index contributed by atoms with van der Waals surface area (Å²) in [6.45, 7) is 5.70. The first-order valence-electron chi connectivity index (χ1n) is 9.32. The number of anilines is 2. The number of benzene rings is 2. The second-order valence-corrected chi connectivity index (χ2v) is 7.23. The molecule has 0 atom stereocenters. The number of hydrogen-bond donors (Lipinski definition) is 3. The number of carbonyl (C=O) groups excluding carboxylic acids is 2. The van der Waals surface area contributed by atoms with Crippen molar-refractivity contribution in [3.63, 3.8) is 0 Å². The van der Waals surface area contributed by atoms with Gasteiger partial charge >= 0.3 is 0 Å². The third-order valence-electron chi connectivity index (χ3n) is 4.41. The van der Waals surface area contributed by atoms with Gasteiger partial charge in [-0.25, -0.2) is 0 Å². The molecular formula is C22H23N3O4. The van der Waals surface area contributed by atoms with E-state index in [1.807, 2.05) is 13.8 Å². The van der Waals surface area contributed by atoms with Crippen LogP contribution in [0.4, 0.5) is 11.4 Å². The van der Waals surface area contributed by atoms with Gasteiger partial charge in [-0.2, -0.15) is 0 Å². The van der Waals surface area contributed by atoms with E-state index >= 15 is 0 Å². The molecule has 0 saturated carbocycles. The molecule has 150 valence electrons. The molecule has 0 aliphatic heterocycles. The third kappa shape index (κ3) is 4.13. The van der Waals surface area contributed by atoms with Crippen LogP contribution < -0.4 is 16.2 Å². The molecule has 3 N–H and O–H groups in total. The van der Waals surface area contributed by atoms with E-state index in [-0.39, 0.29) is 23.1 Å². The molecule has 2 amide bonds. The molecule has 0 aliphatic rings. The predicted molar refractivity (Wildman–Crippen MR) is 113 cm³/mol. The molecule has 0 unspecified atom stereocenters. The number of nitrogens with zero attached hydrogens (tertiary/aromatic N) is 1. The highest BCUT2D eigenvalue weighted by molar-refractivity contribution is 6.10. The van der Waals surface area contributed by atoms with Gasteiger partial charge in [-0.15, -0.1) is 0 Å². The quantitative estimate of drug-likeness (QED) is 0.617. The number of aromatic nitrogens is 1. The minimum absolute atomic E-state index is 0.164. The van der Waals surface area contributed by atoms with Gasteiger partial charge in [-0.3, -0.25) is 14.4 Å². The standard InChI is InChI=1S/C22H23N3O4/c1-13(2)12-25-18-11-7-4-8-15(18)20(27)19(22(25)29)21(28)24-17-10-6-5-9-16(17)23-14(3)26/h4-11,13,27H,12H2,1-3H3,(H,23,26)(H,24,28). The summed E-state index contributed by atoms with van der Waals surface area (Å²) in [6.07, 6.45) is 0. The van der Waals surface area contributed by atoms with Crippen LogP contribution in [0.5, 0.6) is 5.75 Å². The van der Waals surface area contributed by atoms with Crippen molar-refractivity contribution in [2.24, 2.45) is 5.92 Å². The number of aromatic hydroxyl groups is 1. The third-order valence-corrected chi connectivity index (χ3v) is 4.41. The van der Waals surface area contributed by atoms with Crippen molar-refractivity contribution < 1.29 is 14.7 Å². The summed E-state index contributed by atoms with van der Waals surface area (Å²) in [5.74, 6) is -1.23. The Balaban J connectivity index is 2.12. The van der Waals surface area contributed by atoms with Crippen LogP contribution >= 0.6 is 0 Å². The van der Waals surface area contributed by atoms with Crippen molar-refractivity contribution >= 4 is 34.1 Å². The lowest BCUT2D eigenvalue weighted by atomic mass is 10.1. The van der Waals surface area contributed by atoms with Crippen molar-refractivity contribution in [2.45, 2.75) is 27.3 Å². The molecule has 0 saturated heterocycles. The van der Waals surface area contributed by atoms with E-state index in [4.69, 9.17) is 0 Å². The summed E-state index contributed by atoms with van der Waals surface area (Å²) >= 11 is 0. The highest BCUT2D eigenvalue weighted by Crippen LogP contribution is 2.28. The van der Waals surface area contributed by atoms with Gasteiger partial charge in [0.25, 0.3) is 11.5 Å². The molecule has 1 heterocycles. The van der Waals surface area contributed by atoms with E-state index in [0.717, 1.165) is 0 Å². The molecule has 2 aromatic carbocycles. The minimum atomic E-state index is -0.742. The molecule has 0 radical (unpaired) electrons. The van der Waals surface area contributed by atoms with Crippen LogP contribution in [0.25, 0.3) is 10.9 Å². The van der Waals surface area contributed by atoms with E-state index in [1.165, 1.54) is 11.5 Å². The summed E-state index contributed by atoms with van der Waals surface area (Å²) in [6, 6.07) is 13.6. The van der Waals surface area contributed by atoms with Crippen LogP contribution in [-0.2, 0) is 11.3 Å². The van der Waals surface area contributed by atoms with E-state index in [2.05, 4.69) is 10.6 Å². The van der Waals surface area contributed by atoms with E-state index in [1.54, 1.807) is 48.5 Å². The molecule has 7 heteroatoms. The van der Waals surface area contributed by atoms with Crippen LogP contribution in [0.2, 0.25) is 0 Å². The summed E-state index contributed by atoms with van der Waals surface area (Å²) in [4.78, 5) is 37.5. The van der Waals surface area contributed by atoms with Gasteiger partial charge in [0.05, 0.1) is 16.9 Å². The Bertz CT molecular complexity index is 1150. The van der Waals surface area contributed by atoms with Gasteiger partial charge in [0.15, 0.2) is 0 Å². The van der Waals surface area contributed by atoms with Crippen molar-refractivity contribution in [1.82, 2.24) is 4.57 Å². The monoisotopic (exact) mass is 393 g/mol. The topological polar surface area (TPSA) is 100 Å². The maximum atomic E-state index is 13.1. The molecule has 0 bridgehead atoms. The van der Waals surface area contributed by atoms with Crippen LogP contribution in [0, 0.1) is 5.92 Å². The maximum Gasteiger partial charge on any atom is 0.267 e. The fourth-order valence-corrected chi connectivity index (χ4v) is 3.22. The zero-order chi connectivity index (χ0) is 21.1. The highest BCUT2D eigenvalue weighted by atomic mass is 16.3. The second kappa shape index (κ2) is 8.18. The van der Waals surface area contributed by atoms with Crippen molar-refractivity contribution in [1.29, 1.82) is 0 Å². The fraction of sp³-hybridized carbons (Fsp3) is 0.227. The van der Waals surface area contributed by atoms with Gasteiger partial charge < -0.3 is 20.3 Å². The fourth-order valence-electron chi connectivity index (χ4n) is 3.22. The molecule has 7 nitrogen and oxygen atoms in total. The Morgan fingerprint density at radius 2 is 1.59 bits per heavy atom. The van der Waals surface area contributed by atoms with Crippen molar-refractivity contribution in [3.8, 4) is 5.75 Å². The number of amides is 2. The number of nitrogens with one attached hydrogen (secondary N) is 2. The zero-order valence-corrected chi connectivity index (χ0v) is 16.5. The Labute approximate surface area is 168 Å². The minimum Gasteiger partial charge on any atom is -0.506 e. The maximum absolute atomic E-state index is 13.1. The van der Waals surface area contributed by atoms with Gasteiger partial charge in [-0.05, 0) is 30.2 Å². The average molecular weight is 393 g/mol. The average Bonchev–Trinajstić information content (AvgIpc) is 2.66. The Morgan fingerprint density at radius 3 is 2.21 bits per heavy atom. The van der Waals surface area contributed by atoms with Crippen molar-refractivity contribution in [2.75, 3.05) is 10.6 Å². The molecule has 1 aromatic heterocycles. The Kier molecular flexibility index (Phi) is 5.68. The lowest BCUT2D eigenvalue weighted by molar-refractivity contribution is -0.114. The normalized spacial score (nSPS) is 10.9. The van der Waals surface area contributed by atoms with Crippen molar-refractivity contribution in [3.05, 3.63) is 64.4 Å². The largest absolute Gasteiger partial charge is 0.506 e. The van der Waals surface area contributed by atoms with Crippen LogP contribution in [0.1, 0.15) is 31.1 Å². The molecule has 0 fully saturated rings. The lowest BCUT2D eigenvalue weighted by Gasteiger charge is -2.17. The summed E-state index contributed by atoms with van der Waals surface area (Å²) in [5.41, 5.74) is 0.400. The number of fused-ring (bicyclic) bond motifs is 1. The number of pyridine rings is 1. The first-order valence-corrected chi connectivity index (χ1v) is 9.32. The van der Waals surface area contributed by atoms with E-state index < -0.39 is 11.5 Å². The molecule has 29 heavy (non-hydrogen) atoms. The van der Waals surface area contributed by atoms with Gasteiger partial charge in [0.1, 0.15) is 11.3 Å². The first kappa shape index (κ1) is 20.1. The number of rotatable bonds is 5. The second-order valence-electron chi connectivity index (χ2n) is 7.23. The van der Waals surface area contributed by atoms with E-state index in [0.29, 0.717) is 28.8 Å². The molecule has 0 aliphatic carbocycles. The highest BCUT2D eigenvalue weighted by Gasteiger charge is 2.23. The molecule has 0 spiro atoms. The van der Waals surface area contributed by atoms with Crippen LogP contribution in [0.3, 0.4) is 0 Å². The van der Waals surface area contributed by atoms with Crippen LogP contribution in [-0.4, -0.2) is 21.5 Å². The predicted octanol–water partition coefficient (Wildman–Crippen LogP) is 3.57. The lowest BCUT2D eigenvalue weighted by Crippen LogP contribution is -2.31. The Hall–Kier alpha value is -3.61. The zero-order valence-electron chi connectivity index (χ0n) is 16.5. The first-order chi connectivity index (χ1) is 13.8. The van der Waals surface area contributed by atoms with Crippen LogP contribution in [0.15, 0.2) is 53.3 Å². The molecule has 3 aromatic rings. The number of hydrogen-bond acceptors (Lipinski definition) is 4. The summed E-state index contributed by atoms with van der Waals surface area (Å²) < 4.78 is 1.51. The van der Waals surface area contributed by atoms with Gasteiger partial charge in [0.2, 0.25) is 5.91 Å².